The van der Waals surface area contributed by atoms with Crippen LogP contribution >= 0.6 is 0 Å². The first-order valence-corrected chi connectivity index (χ1v) is 3.19. The van der Waals surface area contributed by atoms with Crippen LogP contribution in [0.5, 0.6) is 0 Å². The van der Waals surface area contributed by atoms with Crippen LogP contribution in [0.1, 0.15) is 0 Å². The number of hydrogen-bond donors (Lipinski definition) is 0. The first-order chi connectivity index (χ1) is 5.76. The van der Waals surface area contributed by atoms with Crippen LogP contribution < -0.4 is 0 Å². The Kier molecular flexibility index (Phi) is 5.34. The van der Waals surface area contributed by atoms with Crippen molar-refractivity contribution in [1.29, 1.82) is 0 Å². The Balaban J connectivity index is 4.32. The molecular formula is C8H10O4. The molecule has 66 valence electrons. The largest absolute Gasteiger partial charge is 0.504 e. The van der Waals surface area contributed by atoms with E-state index in [0.29, 0.717) is 6.29 Å². The maximum absolute atomic E-state index is 10.7. The summed E-state index contributed by atoms with van der Waals surface area (Å²) < 4.78 is 8.88. The molecule has 0 aliphatic rings. The van der Waals surface area contributed by atoms with E-state index in [1.165, 1.54) is 32.6 Å². The van der Waals surface area contributed by atoms with Gasteiger partial charge in [0.2, 0.25) is 0 Å². The topological polar surface area (TPSA) is 52.6 Å². The van der Waals surface area contributed by atoms with E-state index in [2.05, 4.69) is 9.47 Å². The Bertz CT molecular complexity index is 215. The summed E-state index contributed by atoms with van der Waals surface area (Å²) in [4.78, 5) is 21.0. The Morgan fingerprint density at radius 3 is 2.42 bits per heavy atom. The SMILES string of the molecule is CO/C=C\C=C(/C=O)C(=O)OC. The van der Waals surface area contributed by atoms with Gasteiger partial charge in [-0.25, -0.2) is 4.79 Å². The van der Waals surface area contributed by atoms with Gasteiger partial charge in [-0.1, -0.05) is 0 Å². The summed E-state index contributed by atoms with van der Waals surface area (Å²) in [5.41, 5.74) is -0.0502. The average molecular weight is 170 g/mol. The third-order valence-electron chi connectivity index (χ3n) is 1.04. The molecule has 0 aliphatic carbocycles. The van der Waals surface area contributed by atoms with Gasteiger partial charge in [0, 0.05) is 0 Å². The maximum Gasteiger partial charge on any atom is 0.341 e. The maximum atomic E-state index is 10.7. The lowest BCUT2D eigenvalue weighted by Gasteiger charge is -1.93. The molecule has 0 saturated heterocycles. The summed E-state index contributed by atoms with van der Waals surface area (Å²) in [5.74, 6) is -0.661. The molecule has 12 heavy (non-hydrogen) atoms. The molecule has 0 atom stereocenters. The number of carbonyl (C=O) groups is 2. The number of allylic oxidation sites excluding steroid dienone is 2. The fraction of sp³-hybridized carbons (Fsp3) is 0.250. The molecule has 0 unspecified atom stereocenters. The average Bonchev–Trinajstić information content (AvgIpc) is 2.11. The summed E-state index contributed by atoms with van der Waals surface area (Å²) in [6.45, 7) is 0. The molecule has 0 fully saturated rings. The molecule has 0 heterocycles. The van der Waals surface area contributed by atoms with Crippen molar-refractivity contribution in [3.8, 4) is 0 Å². The molecule has 0 spiro atoms. The van der Waals surface area contributed by atoms with Crippen LogP contribution in [0.4, 0.5) is 0 Å². The minimum absolute atomic E-state index is 0.0502. The van der Waals surface area contributed by atoms with Crippen molar-refractivity contribution in [2.75, 3.05) is 14.2 Å². The Morgan fingerprint density at radius 1 is 1.33 bits per heavy atom. The van der Waals surface area contributed by atoms with Gasteiger partial charge in [-0.3, -0.25) is 4.79 Å². The van der Waals surface area contributed by atoms with Gasteiger partial charge in [-0.05, 0) is 12.2 Å². The molecule has 0 saturated carbocycles. The zero-order valence-electron chi connectivity index (χ0n) is 6.94. The fourth-order valence-electron chi connectivity index (χ4n) is 0.495. The highest BCUT2D eigenvalue weighted by atomic mass is 16.5. The van der Waals surface area contributed by atoms with Crippen molar-refractivity contribution in [1.82, 2.24) is 0 Å². The van der Waals surface area contributed by atoms with Crippen LogP contribution in [0.15, 0.2) is 24.0 Å². The highest BCUT2D eigenvalue weighted by molar-refractivity contribution is 6.07. The van der Waals surface area contributed by atoms with Gasteiger partial charge in [-0.2, -0.15) is 0 Å². The number of rotatable bonds is 4. The lowest BCUT2D eigenvalue weighted by Crippen LogP contribution is -2.05. The molecule has 0 aliphatic heterocycles. The lowest BCUT2D eigenvalue weighted by atomic mass is 10.3. The molecule has 4 heteroatoms. The fourth-order valence-corrected chi connectivity index (χ4v) is 0.495. The van der Waals surface area contributed by atoms with E-state index < -0.39 is 5.97 Å². The van der Waals surface area contributed by atoms with E-state index in [1.807, 2.05) is 0 Å². The van der Waals surface area contributed by atoms with Crippen LogP contribution in [0, 0.1) is 0 Å². The van der Waals surface area contributed by atoms with Gasteiger partial charge in [0.25, 0.3) is 0 Å². The van der Waals surface area contributed by atoms with Gasteiger partial charge in [-0.15, -0.1) is 0 Å². The number of methoxy groups -OCH3 is 2. The van der Waals surface area contributed by atoms with Crippen molar-refractivity contribution >= 4 is 12.3 Å². The summed E-state index contributed by atoms with van der Waals surface area (Å²) in [5, 5.41) is 0. The van der Waals surface area contributed by atoms with Crippen LogP contribution in [0.25, 0.3) is 0 Å². The minimum Gasteiger partial charge on any atom is -0.504 e. The van der Waals surface area contributed by atoms with Gasteiger partial charge in [0.1, 0.15) is 0 Å². The van der Waals surface area contributed by atoms with Gasteiger partial charge in [0.15, 0.2) is 6.29 Å². The predicted octanol–water partition coefficient (Wildman–Crippen LogP) is 0.445. The van der Waals surface area contributed by atoms with E-state index in [4.69, 9.17) is 0 Å². The van der Waals surface area contributed by atoms with Crippen molar-refractivity contribution in [3.05, 3.63) is 24.0 Å². The normalized spacial score (nSPS) is 11.3. The van der Waals surface area contributed by atoms with Crippen LogP contribution in [-0.4, -0.2) is 26.5 Å². The predicted molar refractivity (Wildman–Crippen MR) is 42.3 cm³/mol. The second-order valence-corrected chi connectivity index (χ2v) is 1.80. The molecule has 0 aromatic heterocycles. The van der Waals surface area contributed by atoms with Crippen LogP contribution in [0.3, 0.4) is 0 Å². The first-order valence-electron chi connectivity index (χ1n) is 3.19. The van der Waals surface area contributed by atoms with Crippen molar-refractivity contribution < 1.29 is 19.1 Å². The quantitative estimate of drug-likeness (QED) is 0.117. The number of ether oxygens (including phenoxy) is 2. The third kappa shape index (κ3) is 3.55. The summed E-state index contributed by atoms with van der Waals surface area (Å²) in [6, 6.07) is 0. The Hall–Kier alpha value is -1.58. The number of hydrogen-bond acceptors (Lipinski definition) is 4. The molecule has 0 aromatic rings. The number of aldehydes is 1. The van der Waals surface area contributed by atoms with E-state index in [1.54, 1.807) is 0 Å². The number of esters is 1. The van der Waals surface area contributed by atoms with Crippen molar-refractivity contribution in [2.45, 2.75) is 0 Å². The van der Waals surface area contributed by atoms with Gasteiger partial charge >= 0.3 is 5.97 Å². The van der Waals surface area contributed by atoms with Gasteiger partial charge in [0.05, 0.1) is 26.1 Å². The highest BCUT2D eigenvalue weighted by Crippen LogP contribution is 1.93. The molecule has 0 amide bonds. The van der Waals surface area contributed by atoms with Crippen molar-refractivity contribution in [2.24, 2.45) is 0 Å². The Labute approximate surface area is 70.5 Å². The number of carbonyl (C=O) groups excluding carboxylic acids is 2. The van der Waals surface area contributed by atoms with Gasteiger partial charge < -0.3 is 9.47 Å². The second kappa shape index (κ2) is 6.15. The second-order valence-electron chi connectivity index (χ2n) is 1.80. The summed E-state index contributed by atoms with van der Waals surface area (Å²) in [7, 11) is 2.67. The molecule has 4 nitrogen and oxygen atoms in total. The van der Waals surface area contributed by atoms with E-state index in [0.717, 1.165) is 0 Å². The van der Waals surface area contributed by atoms with E-state index >= 15 is 0 Å². The monoisotopic (exact) mass is 170 g/mol. The smallest absolute Gasteiger partial charge is 0.341 e. The van der Waals surface area contributed by atoms with E-state index in [9.17, 15) is 9.59 Å². The molecular weight excluding hydrogens is 160 g/mol. The zero-order valence-corrected chi connectivity index (χ0v) is 6.94. The third-order valence-corrected chi connectivity index (χ3v) is 1.04. The first kappa shape index (κ1) is 10.4. The van der Waals surface area contributed by atoms with Crippen LogP contribution in [0.2, 0.25) is 0 Å². The molecule has 0 bridgehead atoms. The summed E-state index contributed by atoms with van der Waals surface area (Å²) >= 11 is 0. The standard InChI is InChI=1S/C8H10O4/c1-11-5-3-4-7(6-9)8(10)12-2/h3-6H,1-2H3/b5-3-,7-4+. The molecule has 0 rings (SSSR count). The molecule has 0 N–H and O–H groups in total. The Morgan fingerprint density at radius 2 is 2.00 bits per heavy atom. The van der Waals surface area contributed by atoms with Crippen LogP contribution in [-0.2, 0) is 19.1 Å². The zero-order chi connectivity index (χ0) is 9.40. The highest BCUT2D eigenvalue weighted by Gasteiger charge is 2.05. The molecule has 0 aromatic carbocycles. The molecule has 0 radical (unpaired) electrons. The van der Waals surface area contributed by atoms with Crippen molar-refractivity contribution in [3.63, 3.8) is 0 Å². The minimum atomic E-state index is -0.661. The summed E-state index contributed by atoms with van der Waals surface area (Å²) in [6.07, 6.45) is 4.50. The lowest BCUT2D eigenvalue weighted by molar-refractivity contribution is -0.136. The van der Waals surface area contributed by atoms with E-state index in [-0.39, 0.29) is 5.57 Å².